The standard InChI is InChI=1S/C27H35ClN6O3/c1-25(2,3)37-24(36)33-12-9-26(16-33)17-34(18-26)23(35)27(19-7-5-4-6-8-19)10-13-32(14-11-27)20-15-21(28)30-31-22(20)29/h4-8,15H,9-14,16-18H2,1-3H3,(H2,29,31). The second-order valence-corrected chi connectivity index (χ2v) is 12.1. The van der Waals surface area contributed by atoms with Crippen LogP contribution in [0.5, 0.6) is 0 Å². The van der Waals surface area contributed by atoms with Gasteiger partial charge in [-0.25, -0.2) is 4.79 Å². The Morgan fingerprint density at radius 1 is 0.973 bits per heavy atom. The molecule has 4 heterocycles. The molecule has 0 radical (unpaired) electrons. The highest BCUT2D eigenvalue weighted by Gasteiger charge is 2.55. The highest BCUT2D eigenvalue weighted by Crippen LogP contribution is 2.45. The maximum atomic E-state index is 14.1. The van der Waals surface area contributed by atoms with E-state index < -0.39 is 11.0 Å². The zero-order chi connectivity index (χ0) is 26.4. The summed E-state index contributed by atoms with van der Waals surface area (Å²) in [5, 5.41) is 8.07. The number of aromatic nitrogens is 2. The van der Waals surface area contributed by atoms with E-state index in [0.29, 0.717) is 63.1 Å². The molecule has 1 aromatic heterocycles. The fraction of sp³-hybridized carbons (Fsp3) is 0.556. The molecule has 37 heavy (non-hydrogen) atoms. The fourth-order valence-corrected chi connectivity index (χ4v) is 6.16. The Balaban J connectivity index is 1.29. The number of halogens is 1. The second-order valence-electron chi connectivity index (χ2n) is 11.7. The van der Waals surface area contributed by atoms with E-state index in [1.807, 2.05) is 43.9 Å². The van der Waals surface area contributed by atoms with Gasteiger partial charge in [-0.15, -0.1) is 10.2 Å². The van der Waals surface area contributed by atoms with Gasteiger partial charge in [0.2, 0.25) is 5.91 Å². The van der Waals surface area contributed by atoms with Crippen LogP contribution in [0.4, 0.5) is 16.3 Å². The summed E-state index contributed by atoms with van der Waals surface area (Å²) in [7, 11) is 0. The van der Waals surface area contributed by atoms with Crippen molar-refractivity contribution in [2.45, 2.75) is 51.0 Å². The van der Waals surface area contributed by atoms with Gasteiger partial charge < -0.3 is 25.2 Å². The van der Waals surface area contributed by atoms with Crippen molar-refractivity contribution in [2.75, 3.05) is 49.9 Å². The number of nitrogens with zero attached hydrogens (tertiary/aromatic N) is 5. The Morgan fingerprint density at radius 2 is 1.62 bits per heavy atom. The smallest absolute Gasteiger partial charge is 0.410 e. The van der Waals surface area contributed by atoms with Crippen molar-refractivity contribution in [3.05, 3.63) is 47.1 Å². The molecule has 0 atom stereocenters. The number of carbonyl (C=O) groups is 2. The van der Waals surface area contributed by atoms with E-state index in [4.69, 9.17) is 22.1 Å². The molecule has 9 nitrogen and oxygen atoms in total. The lowest BCUT2D eigenvalue weighted by atomic mass is 9.69. The molecule has 3 fully saturated rings. The van der Waals surface area contributed by atoms with Crippen LogP contribution >= 0.6 is 11.6 Å². The van der Waals surface area contributed by atoms with Gasteiger partial charge in [0.25, 0.3) is 0 Å². The van der Waals surface area contributed by atoms with Crippen LogP contribution in [0.1, 0.15) is 45.6 Å². The Bertz CT molecular complexity index is 1170. The molecule has 0 unspecified atom stereocenters. The first-order chi connectivity index (χ1) is 17.5. The summed E-state index contributed by atoms with van der Waals surface area (Å²) in [5.74, 6) is 0.502. The number of hydrogen-bond donors (Lipinski definition) is 1. The number of rotatable bonds is 3. The molecule has 5 rings (SSSR count). The largest absolute Gasteiger partial charge is 0.444 e. The number of hydrogen-bond acceptors (Lipinski definition) is 7. The zero-order valence-corrected chi connectivity index (χ0v) is 22.5. The summed E-state index contributed by atoms with van der Waals surface area (Å²) in [4.78, 5) is 32.6. The molecule has 3 saturated heterocycles. The lowest BCUT2D eigenvalue weighted by Gasteiger charge is -2.52. The normalized spacial score (nSPS) is 20.6. The number of carbonyl (C=O) groups excluding carboxylic acids is 2. The molecule has 2 aromatic rings. The van der Waals surface area contributed by atoms with Crippen LogP contribution in [-0.2, 0) is 14.9 Å². The van der Waals surface area contributed by atoms with Crippen LogP contribution in [0.15, 0.2) is 36.4 Å². The molecular formula is C27H35ClN6O3. The van der Waals surface area contributed by atoms with Crippen molar-refractivity contribution in [3.63, 3.8) is 0 Å². The van der Waals surface area contributed by atoms with E-state index in [-0.39, 0.29) is 17.4 Å². The van der Waals surface area contributed by atoms with Gasteiger partial charge in [-0.3, -0.25) is 4.79 Å². The molecular weight excluding hydrogens is 492 g/mol. The van der Waals surface area contributed by atoms with Crippen molar-refractivity contribution >= 4 is 35.1 Å². The van der Waals surface area contributed by atoms with Crippen LogP contribution in [-0.4, -0.2) is 76.9 Å². The average molecular weight is 527 g/mol. The number of anilines is 2. The first kappa shape index (κ1) is 25.6. The SMILES string of the molecule is CC(C)(C)OC(=O)N1CCC2(C1)CN(C(=O)C1(c3ccccc3)CCN(c3cc(Cl)nnc3N)CC1)C2. The maximum Gasteiger partial charge on any atom is 0.410 e. The molecule has 0 saturated carbocycles. The van der Waals surface area contributed by atoms with Gasteiger partial charge in [-0.05, 0) is 45.6 Å². The van der Waals surface area contributed by atoms with Gasteiger partial charge in [0, 0.05) is 50.7 Å². The van der Waals surface area contributed by atoms with E-state index in [1.165, 1.54) is 0 Å². The topological polar surface area (TPSA) is 105 Å². The summed E-state index contributed by atoms with van der Waals surface area (Å²) < 4.78 is 5.57. The highest BCUT2D eigenvalue weighted by molar-refractivity contribution is 6.29. The number of ether oxygens (including phenoxy) is 1. The quantitative estimate of drug-likeness (QED) is 0.649. The van der Waals surface area contributed by atoms with Gasteiger partial charge in [0.1, 0.15) is 5.60 Å². The van der Waals surface area contributed by atoms with Crippen molar-refractivity contribution in [1.29, 1.82) is 0 Å². The molecule has 3 aliphatic heterocycles. The lowest BCUT2D eigenvalue weighted by Crippen LogP contribution is -2.64. The Morgan fingerprint density at radius 3 is 2.27 bits per heavy atom. The van der Waals surface area contributed by atoms with Crippen LogP contribution in [0.25, 0.3) is 0 Å². The molecule has 198 valence electrons. The van der Waals surface area contributed by atoms with Gasteiger partial charge in [-0.2, -0.15) is 0 Å². The summed E-state index contributed by atoms with van der Waals surface area (Å²) in [5.41, 5.74) is 6.71. The minimum Gasteiger partial charge on any atom is -0.444 e. The predicted molar refractivity (Wildman–Crippen MR) is 142 cm³/mol. The second kappa shape index (κ2) is 9.35. The third-order valence-corrected chi connectivity index (χ3v) is 8.08. The molecule has 0 bridgehead atoms. The molecule has 1 aromatic carbocycles. The Labute approximate surface area is 222 Å². The molecule has 2 amide bonds. The minimum absolute atomic E-state index is 0.0426. The minimum atomic E-state index is -0.609. The van der Waals surface area contributed by atoms with Crippen molar-refractivity contribution in [3.8, 4) is 0 Å². The van der Waals surface area contributed by atoms with E-state index in [2.05, 4.69) is 27.2 Å². The lowest BCUT2D eigenvalue weighted by molar-refractivity contribution is -0.150. The number of piperidine rings is 1. The first-order valence-corrected chi connectivity index (χ1v) is 13.2. The van der Waals surface area contributed by atoms with Crippen LogP contribution in [0.2, 0.25) is 5.15 Å². The number of likely N-dealkylation sites (tertiary alicyclic amines) is 2. The number of amides is 2. The van der Waals surface area contributed by atoms with Gasteiger partial charge in [0.15, 0.2) is 11.0 Å². The number of nitrogen functional groups attached to an aromatic ring is 1. The monoisotopic (exact) mass is 526 g/mol. The van der Waals surface area contributed by atoms with Crippen LogP contribution < -0.4 is 10.6 Å². The molecule has 0 aliphatic carbocycles. The average Bonchev–Trinajstić information content (AvgIpc) is 3.30. The van der Waals surface area contributed by atoms with E-state index >= 15 is 0 Å². The van der Waals surface area contributed by atoms with E-state index in [9.17, 15) is 9.59 Å². The highest BCUT2D eigenvalue weighted by atomic mass is 35.5. The van der Waals surface area contributed by atoms with Crippen molar-refractivity contribution in [2.24, 2.45) is 5.41 Å². The van der Waals surface area contributed by atoms with E-state index in [1.54, 1.807) is 11.0 Å². The van der Waals surface area contributed by atoms with Gasteiger partial charge in [0.05, 0.1) is 11.1 Å². The maximum absolute atomic E-state index is 14.1. The van der Waals surface area contributed by atoms with Crippen LogP contribution in [0, 0.1) is 5.41 Å². The molecule has 10 heteroatoms. The van der Waals surface area contributed by atoms with Crippen molar-refractivity contribution < 1.29 is 14.3 Å². The molecule has 1 spiro atoms. The van der Waals surface area contributed by atoms with Gasteiger partial charge in [-0.1, -0.05) is 41.9 Å². The van der Waals surface area contributed by atoms with Crippen LogP contribution in [0.3, 0.4) is 0 Å². The summed E-state index contributed by atoms with van der Waals surface area (Å²) in [6.07, 6.45) is 1.93. The zero-order valence-electron chi connectivity index (χ0n) is 21.7. The predicted octanol–water partition coefficient (Wildman–Crippen LogP) is 3.72. The fourth-order valence-electron chi connectivity index (χ4n) is 6.02. The van der Waals surface area contributed by atoms with Gasteiger partial charge >= 0.3 is 6.09 Å². The number of benzene rings is 1. The summed E-state index contributed by atoms with van der Waals surface area (Å²) >= 11 is 6.08. The number of nitrogens with two attached hydrogens (primary N) is 1. The Kier molecular flexibility index (Phi) is 6.46. The first-order valence-electron chi connectivity index (χ1n) is 12.9. The van der Waals surface area contributed by atoms with E-state index in [0.717, 1.165) is 17.7 Å². The van der Waals surface area contributed by atoms with Crippen molar-refractivity contribution in [1.82, 2.24) is 20.0 Å². The molecule has 2 N–H and O–H groups in total. The summed E-state index contributed by atoms with van der Waals surface area (Å²) in [6, 6.07) is 11.8. The molecule has 3 aliphatic rings. The summed E-state index contributed by atoms with van der Waals surface area (Å²) in [6.45, 7) is 9.57. The third-order valence-electron chi connectivity index (χ3n) is 7.89. The Hall–Kier alpha value is -3.07. The third kappa shape index (κ3) is 4.93.